The minimum Gasteiger partial charge on any atom is -0.449 e. The Morgan fingerprint density at radius 1 is 1.17 bits per heavy atom. The summed E-state index contributed by atoms with van der Waals surface area (Å²) in [5.74, 6) is 0.336. The lowest BCUT2D eigenvalue weighted by Crippen LogP contribution is -2.16. The van der Waals surface area contributed by atoms with Crippen LogP contribution in [-0.2, 0) is 4.74 Å². The van der Waals surface area contributed by atoms with Crippen LogP contribution in [0.1, 0.15) is 13.8 Å². The average molecular weight is 243 g/mol. The van der Waals surface area contributed by atoms with E-state index in [0.717, 1.165) is 16.5 Å². The fraction of sp³-hybridized carbons (Fsp3) is 0.267. The van der Waals surface area contributed by atoms with Gasteiger partial charge in [0.05, 0.1) is 12.3 Å². The van der Waals surface area contributed by atoms with E-state index < -0.39 is 6.09 Å². The second-order valence-electron chi connectivity index (χ2n) is 4.64. The molecule has 0 aliphatic carbocycles. The van der Waals surface area contributed by atoms with Crippen LogP contribution in [0.5, 0.6) is 0 Å². The Kier molecular flexibility index (Phi) is 3.82. The zero-order valence-corrected chi connectivity index (χ0v) is 10.6. The lowest BCUT2D eigenvalue weighted by molar-refractivity contribution is 0.147. The molecule has 0 heterocycles. The molecule has 2 aromatic carbocycles. The Bertz CT molecular complexity index is 544. The number of fused-ring (bicyclic) bond motifs is 1. The molecule has 0 fully saturated rings. The number of ether oxygens (including phenoxy) is 1. The van der Waals surface area contributed by atoms with Gasteiger partial charge < -0.3 is 4.74 Å². The van der Waals surface area contributed by atoms with Crippen LogP contribution >= 0.6 is 0 Å². The molecule has 2 aromatic rings. The number of hydrogen-bond donors (Lipinski definition) is 1. The molecule has 0 aliphatic heterocycles. The highest BCUT2D eigenvalue weighted by molar-refractivity contribution is 6.00. The highest BCUT2D eigenvalue weighted by atomic mass is 16.5. The quantitative estimate of drug-likeness (QED) is 0.883. The summed E-state index contributed by atoms with van der Waals surface area (Å²) >= 11 is 0. The van der Waals surface area contributed by atoms with E-state index in [2.05, 4.69) is 5.32 Å². The van der Waals surface area contributed by atoms with Crippen LogP contribution in [0.2, 0.25) is 0 Å². The van der Waals surface area contributed by atoms with E-state index in [0.29, 0.717) is 12.5 Å². The first-order valence-corrected chi connectivity index (χ1v) is 6.08. The van der Waals surface area contributed by atoms with Crippen LogP contribution in [0.15, 0.2) is 42.5 Å². The Balaban J connectivity index is 2.14. The number of anilines is 1. The Morgan fingerprint density at radius 2 is 1.89 bits per heavy atom. The van der Waals surface area contributed by atoms with E-state index in [-0.39, 0.29) is 0 Å². The van der Waals surface area contributed by atoms with Crippen molar-refractivity contribution in [2.75, 3.05) is 11.9 Å². The van der Waals surface area contributed by atoms with Crippen molar-refractivity contribution in [3.63, 3.8) is 0 Å². The molecule has 3 nitrogen and oxygen atoms in total. The molecule has 0 aromatic heterocycles. The predicted octanol–water partition coefficient (Wildman–Crippen LogP) is 4.04. The highest BCUT2D eigenvalue weighted by Gasteiger charge is 2.06. The maximum absolute atomic E-state index is 11.6. The molecule has 2 rings (SSSR count). The second kappa shape index (κ2) is 5.54. The van der Waals surface area contributed by atoms with E-state index in [1.165, 1.54) is 0 Å². The summed E-state index contributed by atoms with van der Waals surface area (Å²) in [7, 11) is 0. The number of nitrogens with one attached hydrogen (secondary N) is 1. The summed E-state index contributed by atoms with van der Waals surface area (Å²) in [5, 5.41) is 4.89. The van der Waals surface area contributed by atoms with E-state index in [9.17, 15) is 4.79 Å². The molecule has 0 radical (unpaired) electrons. The molecule has 0 unspecified atom stereocenters. The molecule has 3 heteroatoms. The predicted molar refractivity (Wildman–Crippen MR) is 73.8 cm³/mol. The molecular weight excluding hydrogens is 226 g/mol. The number of rotatable bonds is 3. The molecule has 0 atom stereocenters. The summed E-state index contributed by atoms with van der Waals surface area (Å²) < 4.78 is 5.11. The second-order valence-corrected chi connectivity index (χ2v) is 4.64. The lowest BCUT2D eigenvalue weighted by Gasteiger charge is -2.10. The van der Waals surface area contributed by atoms with Gasteiger partial charge in [-0.25, -0.2) is 4.79 Å². The zero-order chi connectivity index (χ0) is 13.0. The van der Waals surface area contributed by atoms with Crippen LogP contribution in [0.4, 0.5) is 10.5 Å². The van der Waals surface area contributed by atoms with Crippen LogP contribution in [0.25, 0.3) is 10.8 Å². The van der Waals surface area contributed by atoms with Crippen molar-refractivity contribution >= 4 is 22.6 Å². The zero-order valence-electron chi connectivity index (χ0n) is 10.6. The number of amides is 1. The van der Waals surface area contributed by atoms with Gasteiger partial charge in [-0.2, -0.15) is 0 Å². The van der Waals surface area contributed by atoms with Gasteiger partial charge in [0, 0.05) is 5.39 Å². The monoisotopic (exact) mass is 243 g/mol. The van der Waals surface area contributed by atoms with Crippen LogP contribution in [0, 0.1) is 5.92 Å². The normalized spacial score (nSPS) is 10.6. The largest absolute Gasteiger partial charge is 0.449 e. The average Bonchev–Trinajstić information content (AvgIpc) is 2.37. The van der Waals surface area contributed by atoms with Crippen molar-refractivity contribution in [2.24, 2.45) is 5.92 Å². The molecule has 0 saturated carbocycles. The minimum atomic E-state index is -0.403. The maximum atomic E-state index is 11.6. The summed E-state index contributed by atoms with van der Waals surface area (Å²) in [4.78, 5) is 11.6. The van der Waals surface area contributed by atoms with Gasteiger partial charge in [0.2, 0.25) is 0 Å². The summed E-state index contributed by atoms with van der Waals surface area (Å²) in [5.41, 5.74) is 0.779. The van der Waals surface area contributed by atoms with Gasteiger partial charge in [0.15, 0.2) is 0 Å². The van der Waals surface area contributed by atoms with Gasteiger partial charge in [-0.1, -0.05) is 50.2 Å². The van der Waals surface area contributed by atoms with E-state index >= 15 is 0 Å². The number of carbonyl (C=O) groups is 1. The van der Waals surface area contributed by atoms with Gasteiger partial charge in [0.1, 0.15) is 0 Å². The lowest BCUT2D eigenvalue weighted by atomic mass is 10.1. The molecule has 1 amide bonds. The molecule has 94 valence electrons. The number of carbonyl (C=O) groups excluding carboxylic acids is 1. The first-order valence-electron chi connectivity index (χ1n) is 6.08. The third-order valence-corrected chi connectivity index (χ3v) is 2.57. The Hall–Kier alpha value is -2.03. The van der Waals surface area contributed by atoms with Gasteiger partial charge in [0.25, 0.3) is 0 Å². The molecule has 18 heavy (non-hydrogen) atoms. The summed E-state index contributed by atoms with van der Waals surface area (Å²) in [6, 6.07) is 13.7. The van der Waals surface area contributed by atoms with Crippen molar-refractivity contribution in [2.45, 2.75) is 13.8 Å². The Morgan fingerprint density at radius 3 is 2.67 bits per heavy atom. The molecule has 0 aliphatic rings. The van der Waals surface area contributed by atoms with Gasteiger partial charge in [-0.15, -0.1) is 0 Å². The van der Waals surface area contributed by atoms with E-state index in [1.54, 1.807) is 0 Å². The summed E-state index contributed by atoms with van der Waals surface area (Å²) in [6.45, 7) is 4.44. The van der Waals surface area contributed by atoms with Crippen molar-refractivity contribution in [3.05, 3.63) is 42.5 Å². The van der Waals surface area contributed by atoms with Crippen LogP contribution < -0.4 is 5.32 Å². The van der Waals surface area contributed by atoms with Crippen molar-refractivity contribution in [3.8, 4) is 0 Å². The molecule has 1 N–H and O–H groups in total. The smallest absolute Gasteiger partial charge is 0.411 e. The topological polar surface area (TPSA) is 38.3 Å². The van der Waals surface area contributed by atoms with E-state index in [4.69, 9.17) is 4.74 Å². The van der Waals surface area contributed by atoms with Gasteiger partial charge >= 0.3 is 6.09 Å². The molecule has 0 saturated heterocycles. The standard InChI is InChI=1S/C15H17NO2/c1-11(2)10-18-15(17)16-14-9-5-7-12-6-3-4-8-13(12)14/h3-9,11H,10H2,1-2H3,(H,16,17). The third kappa shape index (κ3) is 3.00. The Labute approximate surface area is 107 Å². The van der Waals surface area contributed by atoms with Crippen molar-refractivity contribution < 1.29 is 9.53 Å². The number of benzene rings is 2. The SMILES string of the molecule is CC(C)COC(=O)Nc1cccc2ccccc12. The minimum absolute atomic E-state index is 0.336. The number of hydrogen-bond acceptors (Lipinski definition) is 2. The van der Waals surface area contributed by atoms with Crippen molar-refractivity contribution in [1.82, 2.24) is 0 Å². The van der Waals surface area contributed by atoms with Crippen molar-refractivity contribution in [1.29, 1.82) is 0 Å². The molecule has 0 bridgehead atoms. The summed E-state index contributed by atoms with van der Waals surface area (Å²) in [6.07, 6.45) is -0.403. The van der Waals surface area contributed by atoms with Gasteiger partial charge in [-0.3, -0.25) is 5.32 Å². The van der Waals surface area contributed by atoms with Crippen LogP contribution in [0.3, 0.4) is 0 Å². The highest BCUT2D eigenvalue weighted by Crippen LogP contribution is 2.22. The first-order chi connectivity index (χ1) is 8.66. The first kappa shape index (κ1) is 12.4. The molecule has 0 spiro atoms. The van der Waals surface area contributed by atoms with Gasteiger partial charge in [-0.05, 0) is 17.4 Å². The maximum Gasteiger partial charge on any atom is 0.411 e. The fourth-order valence-electron chi connectivity index (χ4n) is 1.72. The van der Waals surface area contributed by atoms with Crippen LogP contribution in [-0.4, -0.2) is 12.7 Å². The molecular formula is C15H17NO2. The fourth-order valence-corrected chi connectivity index (χ4v) is 1.72. The van der Waals surface area contributed by atoms with E-state index in [1.807, 2.05) is 56.3 Å². The third-order valence-electron chi connectivity index (χ3n) is 2.57.